The van der Waals surface area contributed by atoms with Gasteiger partial charge in [0.15, 0.2) is 0 Å². The summed E-state index contributed by atoms with van der Waals surface area (Å²) in [6.45, 7) is 7.27. The van der Waals surface area contributed by atoms with Gasteiger partial charge in [-0.1, -0.05) is 31.2 Å². The lowest BCUT2D eigenvalue weighted by Crippen LogP contribution is -2.48. The van der Waals surface area contributed by atoms with Crippen LogP contribution in [0.25, 0.3) is 6.08 Å². The summed E-state index contributed by atoms with van der Waals surface area (Å²) in [5.41, 5.74) is 1.35. The van der Waals surface area contributed by atoms with Crippen molar-refractivity contribution in [2.24, 2.45) is 0 Å². The topological polar surface area (TPSA) is 38.8 Å². The Morgan fingerprint density at radius 1 is 1.19 bits per heavy atom. The van der Waals surface area contributed by atoms with Gasteiger partial charge in [-0.15, -0.1) is 0 Å². The van der Waals surface area contributed by atoms with Crippen molar-refractivity contribution in [3.8, 4) is 11.5 Å². The van der Waals surface area contributed by atoms with Crippen molar-refractivity contribution in [1.82, 2.24) is 0 Å². The molecule has 1 heterocycles. The van der Waals surface area contributed by atoms with E-state index in [-0.39, 0.29) is 5.91 Å². The molecule has 136 valence electrons. The normalized spacial score (nSPS) is 15.4. The maximum Gasteiger partial charge on any atom is 0.251 e. The number of anilines is 1. The molecule has 0 bridgehead atoms. The fraction of sp³-hybridized carbons (Fsp3) is 0.318. The summed E-state index contributed by atoms with van der Waals surface area (Å²) in [6.07, 6.45) is 4.42. The molecule has 1 aliphatic rings. The minimum Gasteiger partial charge on any atom is -0.494 e. The molecule has 0 spiro atoms. The standard InChI is InChI=1S/C22H25NO3/c1-4-15-25-18-12-9-17(10-13-18)11-14-21(24)23-16-22(2,3)26-20-8-6-5-7-19(20)23/h5-14H,4,15-16H2,1-3H3/b14-11+. The second kappa shape index (κ2) is 7.65. The largest absolute Gasteiger partial charge is 0.494 e. The van der Waals surface area contributed by atoms with E-state index in [0.717, 1.165) is 29.2 Å². The quantitative estimate of drug-likeness (QED) is 0.734. The van der Waals surface area contributed by atoms with Crippen molar-refractivity contribution in [2.45, 2.75) is 32.8 Å². The zero-order valence-electron chi connectivity index (χ0n) is 15.6. The second-order valence-corrected chi connectivity index (χ2v) is 7.00. The highest BCUT2D eigenvalue weighted by Crippen LogP contribution is 2.36. The smallest absolute Gasteiger partial charge is 0.251 e. The average molecular weight is 351 g/mol. The number of hydrogen-bond donors (Lipinski definition) is 0. The molecule has 2 aromatic carbocycles. The van der Waals surface area contributed by atoms with Crippen LogP contribution in [0, 0.1) is 0 Å². The minimum absolute atomic E-state index is 0.0554. The summed E-state index contributed by atoms with van der Waals surface area (Å²) in [7, 11) is 0. The number of hydrogen-bond acceptors (Lipinski definition) is 3. The van der Waals surface area contributed by atoms with Crippen LogP contribution in [0.5, 0.6) is 11.5 Å². The molecule has 1 amide bonds. The summed E-state index contributed by atoms with van der Waals surface area (Å²) >= 11 is 0. The molecule has 0 aliphatic carbocycles. The number of rotatable bonds is 5. The van der Waals surface area contributed by atoms with Crippen molar-refractivity contribution in [1.29, 1.82) is 0 Å². The van der Waals surface area contributed by atoms with Crippen LogP contribution in [0.4, 0.5) is 5.69 Å². The first-order valence-corrected chi connectivity index (χ1v) is 8.99. The van der Waals surface area contributed by atoms with E-state index in [4.69, 9.17) is 9.47 Å². The van der Waals surface area contributed by atoms with E-state index in [9.17, 15) is 4.79 Å². The number of benzene rings is 2. The average Bonchev–Trinajstić information content (AvgIpc) is 2.63. The predicted octanol–water partition coefficient (Wildman–Crippen LogP) is 4.69. The molecule has 26 heavy (non-hydrogen) atoms. The molecule has 1 aliphatic heterocycles. The van der Waals surface area contributed by atoms with E-state index in [1.165, 1.54) is 0 Å². The third-order valence-electron chi connectivity index (χ3n) is 4.12. The summed E-state index contributed by atoms with van der Waals surface area (Å²) in [6, 6.07) is 15.4. The molecule has 0 atom stereocenters. The summed E-state index contributed by atoms with van der Waals surface area (Å²) in [4.78, 5) is 14.6. The number of para-hydroxylation sites is 2. The van der Waals surface area contributed by atoms with Crippen molar-refractivity contribution in [3.63, 3.8) is 0 Å². The van der Waals surface area contributed by atoms with Gasteiger partial charge in [-0.3, -0.25) is 4.79 Å². The van der Waals surface area contributed by atoms with Gasteiger partial charge in [0.1, 0.15) is 17.1 Å². The molecule has 0 radical (unpaired) electrons. The van der Waals surface area contributed by atoms with Crippen LogP contribution < -0.4 is 14.4 Å². The number of nitrogens with zero attached hydrogens (tertiary/aromatic N) is 1. The molecular formula is C22H25NO3. The third kappa shape index (κ3) is 4.26. The lowest BCUT2D eigenvalue weighted by molar-refractivity contribution is -0.115. The monoisotopic (exact) mass is 351 g/mol. The fourth-order valence-electron chi connectivity index (χ4n) is 2.91. The van der Waals surface area contributed by atoms with E-state index in [1.807, 2.05) is 68.5 Å². The van der Waals surface area contributed by atoms with E-state index in [1.54, 1.807) is 11.0 Å². The van der Waals surface area contributed by atoms with Crippen molar-refractivity contribution < 1.29 is 14.3 Å². The van der Waals surface area contributed by atoms with Gasteiger partial charge in [0.05, 0.1) is 18.8 Å². The second-order valence-electron chi connectivity index (χ2n) is 7.00. The van der Waals surface area contributed by atoms with Crippen LogP contribution >= 0.6 is 0 Å². The van der Waals surface area contributed by atoms with Gasteiger partial charge < -0.3 is 14.4 Å². The van der Waals surface area contributed by atoms with Crippen LogP contribution in [-0.4, -0.2) is 24.7 Å². The molecule has 2 aromatic rings. The Kier molecular flexibility index (Phi) is 5.31. The van der Waals surface area contributed by atoms with Crippen LogP contribution in [0.2, 0.25) is 0 Å². The number of ether oxygens (including phenoxy) is 2. The zero-order chi connectivity index (χ0) is 18.6. The van der Waals surface area contributed by atoms with E-state index >= 15 is 0 Å². The van der Waals surface area contributed by atoms with Gasteiger partial charge in [0.25, 0.3) is 5.91 Å². The molecule has 4 nitrogen and oxygen atoms in total. The molecule has 0 saturated carbocycles. The first kappa shape index (κ1) is 18.1. The van der Waals surface area contributed by atoms with Crippen LogP contribution in [0.1, 0.15) is 32.8 Å². The lowest BCUT2D eigenvalue weighted by atomic mass is 10.0. The van der Waals surface area contributed by atoms with E-state index in [0.29, 0.717) is 13.2 Å². The lowest BCUT2D eigenvalue weighted by Gasteiger charge is -2.39. The molecular weight excluding hydrogens is 326 g/mol. The minimum atomic E-state index is -0.421. The van der Waals surface area contributed by atoms with Gasteiger partial charge in [-0.05, 0) is 56.2 Å². The maximum atomic E-state index is 12.8. The fourth-order valence-corrected chi connectivity index (χ4v) is 2.91. The number of carbonyl (C=O) groups excluding carboxylic acids is 1. The molecule has 3 rings (SSSR count). The molecule has 4 heteroatoms. The Morgan fingerprint density at radius 2 is 1.92 bits per heavy atom. The summed E-state index contributed by atoms with van der Waals surface area (Å²) < 4.78 is 11.6. The van der Waals surface area contributed by atoms with Gasteiger partial charge >= 0.3 is 0 Å². The van der Waals surface area contributed by atoms with Gasteiger partial charge in [-0.25, -0.2) is 0 Å². The Morgan fingerprint density at radius 3 is 2.65 bits per heavy atom. The number of amides is 1. The predicted molar refractivity (Wildman–Crippen MR) is 105 cm³/mol. The van der Waals surface area contributed by atoms with Crippen molar-refractivity contribution in [2.75, 3.05) is 18.1 Å². The van der Waals surface area contributed by atoms with Crippen LogP contribution in [-0.2, 0) is 4.79 Å². The molecule has 0 unspecified atom stereocenters. The van der Waals surface area contributed by atoms with E-state index < -0.39 is 5.60 Å². The highest BCUT2D eigenvalue weighted by Gasteiger charge is 2.33. The summed E-state index contributed by atoms with van der Waals surface area (Å²) in [5, 5.41) is 0. The molecule has 0 saturated heterocycles. The molecule has 0 fully saturated rings. The molecule has 0 N–H and O–H groups in total. The number of fused-ring (bicyclic) bond motifs is 1. The van der Waals surface area contributed by atoms with Crippen LogP contribution in [0.15, 0.2) is 54.6 Å². The molecule has 0 aromatic heterocycles. The summed E-state index contributed by atoms with van der Waals surface area (Å²) in [5.74, 6) is 1.53. The zero-order valence-corrected chi connectivity index (χ0v) is 15.6. The van der Waals surface area contributed by atoms with Crippen molar-refractivity contribution in [3.05, 3.63) is 60.2 Å². The van der Waals surface area contributed by atoms with Gasteiger partial charge in [-0.2, -0.15) is 0 Å². The Hall–Kier alpha value is -2.75. The third-order valence-corrected chi connectivity index (χ3v) is 4.12. The first-order chi connectivity index (χ1) is 12.5. The maximum absolute atomic E-state index is 12.8. The van der Waals surface area contributed by atoms with Crippen LogP contribution in [0.3, 0.4) is 0 Å². The highest BCUT2D eigenvalue weighted by atomic mass is 16.5. The van der Waals surface area contributed by atoms with Crippen molar-refractivity contribution >= 4 is 17.7 Å². The Balaban J connectivity index is 1.74. The SMILES string of the molecule is CCCOc1ccc(/C=C/C(=O)N2CC(C)(C)Oc3ccccc32)cc1. The Bertz CT molecular complexity index is 793. The Labute approximate surface area is 155 Å². The first-order valence-electron chi connectivity index (χ1n) is 8.99. The van der Waals surface area contributed by atoms with Gasteiger partial charge in [0.2, 0.25) is 0 Å². The number of carbonyl (C=O) groups is 1. The van der Waals surface area contributed by atoms with Gasteiger partial charge in [0, 0.05) is 6.08 Å². The highest BCUT2D eigenvalue weighted by molar-refractivity contribution is 6.05. The van der Waals surface area contributed by atoms with E-state index in [2.05, 4.69) is 6.92 Å².